The number of amides is 1. The van der Waals surface area contributed by atoms with Gasteiger partial charge < -0.3 is 9.88 Å². The maximum atomic E-state index is 12.3. The summed E-state index contributed by atoms with van der Waals surface area (Å²) in [6, 6.07) is 0. The van der Waals surface area contributed by atoms with Crippen LogP contribution in [-0.4, -0.2) is 33.9 Å². The van der Waals surface area contributed by atoms with E-state index in [9.17, 15) is 9.59 Å². The molecule has 3 rings (SSSR count). The molecule has 1 aromatic rings. The minimum atomic E-state index is -0.321. The molecule has 2 heterocycles. The zero-order chi connectivity index (χ0) is 12.5. The molecule has 1 N–H and O–H groups in total. The predicted octanol–water partition coefficient (Wildman–Crippen LogP) is 1.03. The van der Waals surface area contributed by atoms with E-state index in [2.05, 4.69) is 9.97 Å². The highest BCUT2D eigenvalue weighted by Crippen LogP contribution is 2.34. The molecule has 5 heteroatoms. The number of nitrogens with zero attached hydrogens (tertiary/aromatic N) is 2. The summed E-state index contributed by atoms with van der Waals surface area (Å²) in [5.41, 5.74) is -0.0134. The maximum absolute atomic E-state index is 12.3. The fourth-order valence-electron chi connectivity index (χ4n) is 3.25. The van der Waals surface area contributed by atoms with Gasteiger partial charge in [0.25, 0.3) is 11.5 Å². The van der Waals surface area contributed by atoms with Gasteiger partial charge >= 0.3 is 0 Å². The SMILES string of the molecule is O=C(c1cncc(=O)[nH]1)N1CC2CCCC(C2)C1. The number of hydrogen-bond acceptors (Lipinski definition) is 3. The Hall–Kier alpha value is -1.65. The van der Waals surface area contributed by atoms with Crippen LogP contribution in [0.1, 0.15) is 36.2 Å². The van der Waals surface area contributed by atoms with Crippen LogP contribution in [0.15, 0.2) is 17.2 Å². The summed E-state index contributed by atoms with van der Waals surface area (Å²) >= 11 is 0. The monoisotopic (exact) mass is 247 g/mol. The molecule has 1 aromatic heterocycles. The summed E-state index contributed by atoms with van der Waals surface area (Å²) in [6.07, 6.45) is 7.62. The average molecular weight is 247 g/mol. The van der Waals surface area contributed by atoms with Crippen LogP contribution < -0.4 is 5.56 Å². The molecular formula is C13H17N3O2. The van der Waals surface area contributed by atoms with Gasteiger partial charge in [0.05, 0.1) is 12.4 Å². The fraction of sp³-hybridized carbons (Fsp3) is 0.615. The lowest BCUT2D eigenvalue weighted by atomic mass is 9.78. The van der Waals surface area contributed by atoms with Crippen LogP contribution in [-0.2, 0) is 0 Å². The number of aromatic nitrogens is 2. The van der Waals surface area contributed by atoms with Crippen molar-refractivity contribution in [1.29, 1.82) is 0 Å². The van der Waals surface area contributed by atoms with E-state index in [1.54, 1.807) is 0 Å². The Labute approximate surface area is 105 Å². The maximum Gasteiger partial charge on any atom is 0.271 e. The standard InChI is InChI=1S/C13H17N3O2/c17-12-6-14-5-11(15-12)13(18)16-7-9-2-1-3-10(4-9)8-16/h5-6,9-10H,1-4,7-8H2,(H,15,17). The highest BCUT2D eigenvalue weighted by Gasteiger charge is 2.33. The molecule has 2 atom stereocenters. The van der Waals surface area contributed by atoms with Crippen LogP contribution in [0.5, 0.6) is 0 Å². The lowest BCUT2D eigenvalue weighted by Crippen LogP contribution is -2.46. The smallest absolute Gasteiger partial charge is 0.271 e. The molecule has 1 aliphatic carbocycles. The molecule has 5 nitrogen and oxygen atoms in total. The van der Waals surface area contributed by atoms with Crippen molar-refractivity contribution in [1.82, 2.24) is 14.9 Å². The molecule has 0 aromatic carbocycles. The van der Waals surface area contributed by atoms with E-state index in [4.69, 9.17) is 0 Å². The second-order valence-corrected chi connectivity index (χ2v) is 5.42. The summed E-state index contributed by atoms with van der Waals surface area (Å²) in [7, 11) is 0. The van der Waals surface area contributed by atoms with Crippen molar-refractivity contribution in [2.75, 3.05) is 13.1 Å². The van der Waals surface area contributed by atoms with Crippen molar-refractivity contribution < 1.29 is 4.79 Å². The minimum Gasteiger partial charge on any atom is -0.337 e. The van der Waals surface area contributed by atoms with E-state index < -0.39 is 0 Å². The van der Waals surface area contributed by atoms with Crippen LogP contribution in [0.25, 0.3) is 0 Å². The summed E-state index contributed by atoms with van der Waals surface area (Å²) in [5, 5.41) is 0. The van der Waals surface area contributed by atoms with Crippen molar-refractivity contribution in [3.63, 3.8) is 0 Å². The molecule has 2 fully saturated rings. The van der Waals surface area contributed by atoms with Gasteiger partial charge in [0.15, 0.2) is 0 Å². The number of carbonyl (C=O) groups is 1. The van der Waals surface area contributed by atoms with Gasteiger partial charge in [-0.3, -0.25) is 14.6 Å². The number of fused-ring (bicyclic) bond motifs is 2. The molecular weight excluding hydrogens is 230 g/mol. The van der Waals surface area contributed by atoms with Crippen LogP contribution in [0, 0.1) is 11.8 Å². The molecule has 0 radical (unpaired) electrons. The van der Waals surface area contributed by atoms with Crippen molar-refractivity contribution in [2.24, 2.45) is 11.8 Å². The number of rotatable bonds is 1. The molecule has 96 valence electrons. The number of piperidine rings is 1. The van der Waals surface area contributed by atoms with E-state index in [1.807, 2.05) is 4.90 Å². The Balaban J connectivity index is 1.78. The van der Waals surface area contributed by atoms with Crippen molar-refractivity contribution >= 4 is 5.91 Å². The third-order valence-electron chi connectivity index (χ3n) is 4.02. The topological polar surface area (TPSA) is 66.1 Å². The zero-order valence-electron chi connectivity index (χ0n) is 10.3. The third kappa shape index (κ3) is 2.17. The number of H-pyrrole nitrogens is 1. The van der Waals surface area contributed by atoms with Gasteiger partial charge in [0.1, 0.15) is 5.69 Å². The normalized spacial score (nSPS) is 27.0. The molecule has 2 bridgehead atoms. The first-order valence-electron chi connectivity index (χ1n) is 6.56. The van der Waals surface area contributed by atoms with E-state index in [0.717, 1.165) is 13.1 Å². The number of hydrogen-bond donors (Lipinski definition) is 1. The van der Waals surface area contributed by atoms with Crippen LogP contribution >= 0.6 is 0 Å². The first-order chi connectivity index (χ1) is 8.72. The predicted molar refractivity (Wildman–Crippen MR) is 66.2 cm³/mol. The van der Waals surface area contributed by atoms with Crippen LogP contribution in [0.4, 0.5) is 0 Å². The molecule has 1 saturated carbocycles. The number of aromatic amines is 1. The average Bonchev–Trinajstić information content (AvgIpc) is 2.37. The van der Waals surface area contributed by atoms with Gasteiger partial charge in [0.2, 0.25) is 0 Å². The quantitative estimate of drug-likeness (QED) is 0.806. The van der Waals surface area contributed by atoms with Crippen LogP contribution in [0.2, 0.25) is 0 Å². The Morgan fingerprint density at radius 1 is 1.28 bits per heavy atom. The van der Waals surface area contributed by atoms with Gasteiger partial charge in [0, 0.05) is 13.1 Å². The summed E-state index contributed by atoms with van der Waals surface area (Å²) in [4.78, 5) is 31.7. The molecule has 18 heavy (non-hydrogen) atoms. The zero-order valence-corrected chi connectivity index (χ0v) is 10.3. The largest absolute Gasteiger partial charge is 0.337 e. The van der Waals surface area contributed by atoms with Crippen molar-refractivity contribution in [3.8, 4) is 0 Å². The van der Waals surface area contributed by atoms with Gasteiger partial charge in [-0.15, -0.1) is 0 Å². The molecule has 2 unspecified atom stereocenters. The fourth-order valence-corrected chi connectivity index (χ4v) is 3.25. The lowest BCUT2D eigenvalue weighted by molar-refractivity contribution is 0.0498. The Bertz CT molecular complexity index is 499. The van der Waals surface area contributed by atoms with Gasteiger partial charge in [-0.1, -0.05) is 6.42 Å². The number of likely N-dealkylation sites (tertiary alicyclic amines) is 1. The van der Waals surface area contributed by atoms with E-state index in [1.165, 1.54) is 38.1 Å². The summed E-state index contributed by atoms with van der Waals surface area (Å²) in [5.74, 6) is 1.20. The number of nitrogens with one attached hydrogen (secondary N) is 1. The van der Waals surface area contributed by atoms with Gasteiger partial charge in [-0.2, -0.15) is 0 Å². The highest BCUT2D eigenvalue weighted by atomic mass is 16.2. The molecule has 2 aliphatic rings. The van der Waals surface area contributed by atoms with Crippen LogP contribution in [0.3, 0.4) is 0 Å². The molecule has 1 saturated heterocycles. The van der Waals surface area contributed by atoms with E-state index in [0.29, 0.717) is 17.5 Å². The number of carbonyl (C=O) groups excluding carboxylic acids is 1. The summed E-state index contributed by atoms with van der Waals surface area (Å²) in [6.45, 7) is 1.65. The van der Waals surface area contributed by atoms with E-state index >= 15 is 0 Å². The molecule has 1 aliphatic heterocycles. The van der Waals surface area contributed by atoms with E-state index in [-0.39, 0.29) is 11.5 Å². The van der Waals surface area contributed by atoms with Gasteiger partial charge in [-0.25, -0.2) is 0 Å². The second-order valence-electron chi connectivity index (χ2n) is 5.42. The summed E-state index contributed by atoms with van der Waals surface area (Å²) < 4.78 is 0. The highest BCUT2D eigenvalue weighted by molar-refractivity contribution is 5.92. The second kappa shape index (κ2) is 4.55. The van der Waals surface area contributed by atoms with Gasteiger partial charge in [-0.05, 0) is 31.1 Å². The first-order valence-corrected chi connectivity index (χ1v) is 6.56. The molecule has 0 spiro atoms. The Morgan fingerprint density at radius 2 is 2.00 bits per heavy atom. The Morgan fingerprint density at radius 3 is 2.67 bits per heavy atom. The Kier molecular flexibility index (Phi) is 2.89. The first kappa shape index (κ1) is 11.4. The minimum absolute atomic E-state index is 0.0863. The lowest BCUT2D eigenvalue weighted by Gasteiger charge is -2.41. The third-order valence-corrected chi connectivity index (χ3v) is 4.02. The molecule has 1 amide bonds. The van der Waals surface area contributed by atoms with Crippen molar-refractivity contribution in [3.05, 3.63) is 28.4 Å². The van der Waals surface area contributed by atoms with Crippen molar-refractivity contribution in [2.45, 2.75) is 25.7 Å².